The lowest BCUT2D eigenvalue weighted by molar-refractivity contribution is 0.0890. The van der Waals surface area contributed by atoms with Crippen LogP contribution in [0.25, 0.3) is 11.4 Å². The maximum absolute atomic E-state index is 13.4. The minimum Gasteiger partial charge on any atom is -0.492 e. The van der Waals surface area contributed by atoms with Gasteiger partial charge >= 0.3 is 0 Å². The number of nitrogens with one attached hydrogen (secondary N) is 1. The second kappa shape index (κ2) is 8.02. The van der Waals surface area contributed by atoms with Crippen molar-refractivity contribution in [2.45, 2.75) is 44.7 Å². The van der Waals surface area contributed by atoms with E-state index in [0.717, 1.165) is 24.8 Å². The molecular weight excluding hydrogens is 430 g/mol. The van der Waals surface area contributed by atoms with Gasteiger partial charge in [0.15, 0.2) is 0 Å². The van der Waals surface area contributed by atoms with E-state index < -0.39 is 5.54 Å². The van der Waals surface area contributed by atoms with Gasteiger partial charge in [-0.05, 0) is 49.9 Å². The van der Waals surface area contributed by atoms with Crippen molar-refractivity contribution in [2.75, 3.05) is 6.61 Å². The van der Waals surface area contributed by atoms with E-state index in [4.69, 9.17) is 21.3 Å². The molecule has 4 heterocycles. The molecule has 1 unspecified atom stereocenters. The van der Waals surface area contributed by atoms with Crippen LogP contribution in [0.1, 0.15) is 47.9 Å². The quantitative estimate of drug-likeness (QED) is 0.656. The number of rotatable bonds is 3. The van der Waals surface area contributed by atoms with Gasteiger partial charge in [0.1, 0.15) is 17.9 Å². The van der Waals surface area contributed by atoms with E-state index >= 15 is 0 Å². The Kier molecular flexibility index (Phi) is 5.17. The van der Waals surface area contributed by atoms with Crippen molar-refractivity contribution in [3.8, 4) is 17.1 Å². The number of carbonyl (C=O) groups excluding carboxylic acids is 1. The van der Waals surface area contributed by atoms with Gasteiger partial charge in [-0.2, -0.15) is 0 Å². The first-order valence-corrected chi connectivity index (χ1v) is 11.0. The van der Waals surface area contributed by atoms with Gasteiger partial charge in [-0.25, -0.2) is 15.0 Å². The van der Waals surface area contributed by atoms with Crippen molar-refractivity contribution in [2.24, 2.45) is 0 Å². The molecule has 32 heavy (non-hydrogen) atoms. The summed E-state index contributed by atoms with van der Waals surface area (Å²) in [5.74, 6) is 0.788. The van der Waals surface area contributed by atoms with Gasteiger partial charge in [0.05, 0.1) is 29.1 Å². The molecule has 5 rings (SSSR count). The van der Waals surface area contributed by atoms with Crippen LogP contribution in [0.2, 0.25) is 5.02 Å². The topological polar surface area (TPSA) is 99.0 Å². The lowest BCUT2D eigenvalue weighted by Crippen LogP contribution is -2.47. The number of ether oxygens (including phenoxy) is 1. The van der Waals surface area contributed by atoms with Gasteiger partial charge < -0.3 is 10.1 Å². The minimum atomic E-state index is -0.858. The SMILES string of the molecule is CC1(NC(=O)c2cc(Cl)cc3c2OCC3)CCCCn2c1nc(-c1ccncn1)cc2=O. The largest absolute Gasteiger partial charge is 0.492 e. The highest BCUT2D eigenvalue weighted by molar-refractivity contribution is 6.31. The fraction of sp³-hybridized carbons (Fsp3) is 0.348. The number of benzene rings is 1. The molecule has 0 spiro atoms. The van der Waals surface area contributed by atoms with Crippen LogP contribution in [0.5, 0.6) is 5.75 Å². The molecule has 8 nitrogen and oxygen atoms in total. The van der Waals surface area contributed by atoms with E-state index in [-0.39, 0.29) is 11.5 Å². The molecule has 0 saturated carbocycles. The predicted molar refractivity (Wildman–Crippen MR) is 119 cm³/mol. The standard InChI is InChI=1S/C23H22ClN5O3/c1-23(28-21(31)16-11-15(24)10-14-5-9-32-20(14)16)6-2-3-8-29-19(30)12-18(27-22(23)29)17-4-7-25-13-26-17/h4,7,10-13H,2-3,5-6,8-9H2,1H3,(H,28,31). The first-order chi connectivity index (χ1) is 15.4. The normalized spacial score (nSPS) is 19.4. The Balaban J connectivity index is 1.58. The number of halogens is 1. The van der Waals surface area contributed by atoms with Crippen LogP contribution in [-0.2, 0) is 18.5 Å². The zero-order chi connectivity index (χ0) is 22.3. The van der Waals surface area contributed by atoms with E-state index in [0.29, 0.717) is 53.1 Å². The van der Waals surface area contributed by atoms with Crippen LogP contribution in [-0.4, -0.2) is 32.0 Å². The summed E-state index contributed by atoms with van der Waals surface area (Å²) in [7, 11) is 0. The molecule has 2 aromatic heterocycles. The number of hydrogen-bond acceptors (Lipinski definition) is 6. The van der Waals surface area contributed by atoms with Crippen molar-refractivity contribution in [1.82, 2.24) is 24.8 Å². The first kappa shape index (κ1) is 20.6. The Bertz CT molecular complexity index is 1260. The Morgan fingerprint density at radius 2 is 2.12 bits per heavy atom. The molecule has 1 aromatic carbocycles. The Morgan fingerprint density at radius 1 is 1.25 bits per heavy atom. The van der Waals surface area contributed by atoms with Crippen molar-refractivity contribution < 1.29 is 9.53 Å². The molecule has 164 valence electrons. The molecule has 1 N–H and O–H groups in total. The molecule has 1 atom stereocenters. The maximum Gasteiger partial charge on any atom is 0.255 e. The third kappa shape index (κ3) is 3.64. The van der Waals surface area contributed by atoms with E-state index in [1.807, 2.05) is 13.0 Å². The summed E-state index contributed by atoms with van der Waals surface area (Å²) in [6, 6.07) is 6.65. The fourth-order valence-electron chi connectivity index (χ4n) is 4.45. The molecule has 0 saturated heterocycles. The smallest absolute Gasteiger partial charge is 0.255 e. The van der Waals surface area contributed by atoms with Crippen molar-refractivity contribution in [3.63, 3.8) is 0 Å². The Morgan fingerprint density at radius 3 is 2.94 bits per heavy atom. The molecule has 0 bridgehead atoms. The van der Waals surface area contributed by atoms with Crippen molar-refractivity contribution in [1.29, 1.82) is 0 Å². The number of amides is 1. The summed E-state index contributed by atoms with van der Waals surface area (Å²) >= 11 is 6.26. The molecule has 0 radical (unpaired) electrons. The summed E-state index contributed by atoms with van der Waals surface area (Å²) in [6.45, 7) is 2.98. The van der Waals surface area contributed by atoms with Gasteiger partial charge in [0.2, 0.25) is 0 Å². The highest BCUT2D eigenvalue weighted by Gasteiger charge is 2.36. The van der Waals surface area contributed by atoms with Gasteiger partial charge in [-0.1, -0.05) is 11.6 Å². The molecule has 2 aliphatic heterocycles. The van der Waals surface area contributed by atoms with Gasteiger partial charge in [0, 0.05) is 30.3 Å². The van der Waals surface area contributed by atoms with Crippen molar-refractivity contribution >= 4 is 17.5 Å². The summed E-state index contributed by atoms with van der Waals surface area (Å²) in [5.41, 5.74) is 1.31. The van der Waals surface area contributed by atoms with Gasteiger partial charge in [-0.15, -0.1) is 0 Å². The summed E-state index contributed by atoms with van der Waals surface area (Å²) in [5, 5.41) is 3.63. The highest BCUT2D eigenvalue weighted by Crippen LogP contribution is 2.35. The number of carbonyl (C=O) groups is 1. The fourth-order valence-corrected chi connectivity index (χ4v) is 4.69. The average Bonchev–Trinajstić information content (AvgIpc) is 3.18. The zero-order valence-electron chi connectivity index (χ0n) is 17.6. The van der Waals surface area contributed by atoms with Crippen LogP contribution in [0.3, 0.4) is 0 Å². The number of hydrogen-bond donors (Lipinski definition) is 1. The first-order valence-electron chi connectivity index (χ1n) is 10.6. The Labute approximate surface area is 189 Å². The van der Waals surface area contributed by atoms with E-state index in [1.54, 1.807) is 22.9 Å². The minimum absolute atomic E-state index is 0.169. The van der Waals surface area contributed by atoms with Crippen LogP contribution in [0.4, 0.5) is 0 Å². The van der Waals surface area contributed by atoms with Crippen LogP contribution in [0.15, 0.2) is 41.6 Å². The molecule has 3 aromatic rings. The van der Waals surface area contributed by atoms with Crippen LogP contribution < -0.4 is 15.6 Å². The number of aromatic nitrogens is 4. The third-order valence-electron chi connectivity index (χ3n) is 6.04. The molecule has 1 amide bonds. The average molecular weight is 452 g/mol. The summed E-state index contributed by atoms with van der Waals surface area (Å²) in [6.07, 6.45) is 6.04. The number of nitrogens with zero attached hydrogens (tertiary/aromatic N) is 4. The van der Waals surface area contributed by atoms with E-state index in [9.17, 15) is 9.59 Å². The molecule has 0 fully saturated rings. The highest BCUT2D eigenvalue weighted by atomic mass is 35.5. The molecular formula is C23H22ClN5O3. The second-order valence-electron chi connectivity index (χ2n) is 8.33. The Hall–Kier alpha value is -3.26. The zero-order valence-corrected chi connectivity index (χ0v) is 18.4. The summed E-state index contributed by atoms with van der Waals surface area (Å²) < 4.78 is 7.36. The monoisotopic (exact) mass is 451 g/mol. The van der Waals surface area contributed by atoms with Gasteiger partial charge in [-0.3, -0.25) is 14.2 Å². The van der Waals surface area contributed by atoms with Crippen LogP contribution >= 0.6 is 11.6 Å². The van der Waals surface area contributed by atoms with Crippen molar-refractivity contribution in [3.05, 3.63) is 69.1 Å². The van der Waals surface area contributed by atoms with Crippen LogP contribution in [0, 0.1) is 0 Å². The maximum atomic E-state index is 13.4. The molecule has 9 heteroatoms. The lowest BCUT2D eigenvalue weighted by Gasteiger charge is -2.31. The van der Waals surface area contributed by atoms with E-state index in [1.165, 1.54) is 12.4 Å². The predicted octanol–water partition coefficient (Wildman–Crippen LogP) is 3.12. The number of fused-ring (bicyclic) bond motifs is 2. The lowest BCUT2D eigenvalue weighted by atomic mass is 9.93. The molecule has 2 aliphatic rings. The third-order valence-corrected chi connectivity index (χ3v) is 6.26. The summed E-state index contributed by atoms with van der Waals surface area (Å²) in [4.78, 5) is 39.3. The van der Waals surface area contributed by atoms with E-state index in [2.05, 4.69) is 15.3 Å². The van der Waals surface area contributed by atoms with Gasteiger partial charge in [0.25, 0.3) is 11.5 Å². The second-order valence-corrected chi connectivity index (χ2v) is 8.77. The molecule has 0 aliphatic carbocycles.